The maximum absolute atomic E-state index is 13.5. The monoisotopic (exact) mass is 742 g/mol. The van der Waals surface area contributed by atoms with Crippen LogP contribution >= 0.6 is 0 Å². The van der Waals surface area contributed by atoms with Gasteiger partial charge in [-0.15, -0.1) is 0 Å². The van der Waals surface area contributed by atoms with Crippen LogP contribution in [0.2, 0.25) is 0 Å². The van der Waals surface area contributed by atoms with E-state index in [2.05, 4.69) is 29.9 Å². The van der Waals surface area contributed by atoms with Crippen LogP contribution in [-0.2, 0) is 23.1 Å². The molecule has 0 atom stereocenters. The second kappa shape index (κ2) is 13.7. The topological polar surface area (TPSA) is 211 Å². The van der Waals surface area contributed by atoms with E-state index in [1.54, 1.807) is 29.2 Å². The van der Waals surface area contributed by atoms with E-state index in [0.29, 0.717) is 22.1 Å². The lowest BCUT2D eigenvalue weighted by Crippen LogP contribution is -2.43. The number of hydrogen-bond acceptors (Lipinski definition) is 11. The van der Waals surface area contributed by atoms with Gasteiger partial charge in [-0.1, -0.05) is 0 Å². The molecule has 4 heterocycles. The second-order valence-electron chi connectivity index (χ2n) is 12.5. The fraction of sp³-hybridized carbons (Fsp3) is 0.375. The molecule has 6 aromatic rings. The number of hydrogen-bond donors (Lipinski definition) is 3. The number of halogens is 3. The highest BCUT2D eigenvalue weighted by Gasteiger charge is 2.45. The van der Waals surface area contributed by atoms with Crippen molar-refractivity contribution in [2.75, 3.05) is 26.2 Å². The third-order valence-corrected chi connectivity index (χ3v) is 10.1. The van der Waals surface area contributed by atoms with Crippen LogP contribution in [0.5, 0.6) is 0 Å². The minimum atomic E-state index is -5.59. The number of H-pyrrole nitrogens is 2. The number of fused-ring (bicyclic) bond motifs is 4. The molecule has 0 fully saturated rings. The fourth-order valence-corrected chi connectivity index (χ4v) is 6.27. The number of rotatable bonds is 11. The maximum Gasteiger partial charge on any atom is 0.511 e. The van der Waals surface area contributed by atoms with Gasteiger partial charge in [0.15, 0.2) is 22.3 Å². The number of nitrogens with zero attached hydrogens (tertiary/aromatic N) is 7. The molecule has 52 heavy (non-hydrogen) atoms. The molecule has 20 heteroatoms. The molecular weight excluding hydrogens is 709 g/mol. The summed E-state index contributed by atoms with van der Waals surface area (Å²) in [6, 6.07) is 7.12. The molecule has 0 unspecified atom stereocenters. The number of aryl methyl sites for hydroxylation is 4. The molecule has 0 aliphatic carbocycles. The zero-order valence-corrected chi connectivity index (χ0v) is 29.2. The largest absolute Gasteiger partial charge is 0.511 e. The third-order valence-electron chi connectivity index (χ3n) is 8.92. The molecule has 0 aliphatic heterocycles. The number of nitrogens with one attached hydrogen (secondary N) is 3. The van der Waals surface area contributed by atoms with Crippen LogP contribution in [0.1, 0.15) is 28.7 Å². The minimum Gasteiger partial charge on any atom is -0.300 e. The summed E-state index contributed by atoms with van der Waals surface area (Å²) >= 11 is 0. The van der Waals surface area contributed by atoms with Crippen LogP contribution in [-0.4, -0.2) is 84.0 Å². The van der Waals surface area contributed by atoms with Crippen LogP contribution in [0.25, 0.3) is 44.4 Å². The van der Waals surface area contributed by atoms with Crippen LogP contribution in [0.3, 0.4) is 0 Å². The lowest BCUT2D eigenvalue weighted by molar-refractivity contribution is -0.0447. The minimum absolute atomic E-state index is 0.00751. The number of sulfonamides is 1. The van der Waals surface area contributed by atoms with Crippen molar-refractivity contribution in [2.24, 2.45) is 0 Å². The first-order chi connectivity index (χ1) is 24.4. The Morgan fingerprint density at radius 2 is 1.06 bits per heavy atom. The smallest absolute Gasteiger partial charge is 0.300 e. The van der Waals surface area contributed by atoms with E-state index in [1.165, 1.54) is 4.72 Å². The molecule has 0 radical (unpaired) electrons. The number of benzene rings is 2. The molecule has 0 bridgehead atoms. The molecule has 0 amide bonds. The van der Waals surface area contributed by atoms with Gasteiger partial charge in [0.25, 0.3) is 11.1 Å². The Labute approximate surface area is 291 Å². The van der Waals surface area contributed by atoms with E-state index >= 15 is 0 Å². The van der Waals surface area contributed by atoms with Gasteiger partial charge in [0.05, 0.1) is 22.1 Å². The van der Waals surface area contributed by atoms with E-state index in [-0.39, 0.29) is 61.5 Å². The summed E-state index contributed by atoms with van der Waals surface area (Å²) in [5.41, 5.74) is -3.12. The van der Waals surface area contributed by atoms with E-state index < -0.39 is 44.6 Å². The fourth-order valence-electron chi connectivity index (χ4n) is 5.69. The molecule has 0 saturated carbocycles. The van der Waals surface area contributed by atoms with Crippen molar-refractivity contribution in [2.45, 2.75) is 52.7 Å². The summed E-state index contributed by atoms with van der Waals surface area (Å²) < 4.78 is 64.8. The average Bonchev–Trinajstić information content (AvgIpc) is 3.05. The molecule has 4 aromatic heterocycles. The Balaban J connectivity index is 1.28. The lowest BCUT2D eigenvalue weighted by atomic mass is 10.1. The molecule has 0 aliphatic rings. The third kappa shape index (κ3) is 7.08. The summed E-state index contributed by atoms with van der Waals surface area (Å²) in [6.45, 7) is 6.31. The Hall–Kier alpha value is -5.34. The van der Waals surface area contributed by atoms with E-state index in [4.69, 9.17) is 0 Å². The van der Waals surface area contributed by atoms with Crippen molar-refractivity contribution >= 4 is 54.4 Å². The molecule has 16 nitrogen and oxygen atoms in total. The Morgan fingerprint density at radius 1 is 0.673 bits per heavy atom. The first-order valence-electron chi connectivity index (χ1n) is 16.1. The van der Waals surface area contributed by atoms with Gasteiger partial charge in [0.2, 0.25) is 0 Å². The first kappa shape index (κ1) is 36.5. The number of aromatic nitrogens is 8. The van der Waals surface area contributed by atoms with Gasteiger partial charge in [0, 0.05) is 32.7 Å². The highest BCUT2D eigenvalue weighted by atomic mass is 32.2. The zero-order chi connectivity index (χ0) is 37.7. The summed E-state index contributed by atoms with van der Waals surface area (Å²) in [6.07, 6.45) is -0.131. The normalized spacial score (nSPS) is 12.6. The van der Waals surface area contributed by atoms with Crippen molar-refractivity contribution in [3.8, 4) is 0 Å². The van der Waals surface area contributed by atoms with Crippen molar-refractivity contribution in [3.05, 3.63) is 88.2 Å². The van der Waals surface area contributed by atoms with Gasteiger partial charge < -0.3 is 0 Å². The molecule has 0 spiro atoms. The van der Waals surface area contributed by atoms with Crippen LogP contribution in [0.15, 0.2) is 43.4 Å². The lowest BCUT2D eigenvalue weighted by Gasteiger charge is -2.23. The van der Waals surface area contributed by atoms with E-state index in [0.717, 1.165) is 31.4 Å². The summed E-state index contributed by atoms with van der Waals surface area (Å²) in [5.74, 6) is 0. The number of alkyl halides is 3. The molecule has 3 N–H and O–H groups in total. The molecular formula is C32H33F3N10O6S. The molecule has 0 saturated heterocycles. The molecule has 6 rings (SSSR count). The summed E-state index contributed by atoms with van der Waals surface area (Å²) in [7, 11) is -5.59. The standard InChI is InChI=1S/C32H33F3N10O6S/c1-16-12-20-22(14-18(16)3)39-26-24(37-20)28(46)44(30(48)41-26)10-8-43(7-5-6-36-52(50,51)32(33,34)35)9-11-45-29(47)25-27(42-31(45)49)40-23-15-19(4)17(2)13-21(23)38-25/h12-15,36H,5-11H2,1-4H3,(H,39,41,48)(H,40,42,49). The quantitative estimate of drug-likeness (QED) is 0.128. The zero-order valence-electron chi connectivity index (χ0n) is 28.4. The van der Waals surface area contributed by atoms with Gasteiger partial charge in [-0.3, -0.25) is 33.6 Å². The van der Waals surface area contributed by atoms with Crippen molar-refractivity contribution < 1.29 is 21.6 Å². The van der Waals surface area contributed by atoms with E-state index in [9.17, 15) is 40.8 Å². The summed E-state index contributed by atoms with van der Waals surface area (Å²) in [4.78, 5) is 77.4. The van der Waals surface area contributed by atoms with Gasteiger partial charge in [0.1, 0.15) is 0 Å². The Bertz CT molecular complexity index is 2600. The van der Waals surface area contributed by atoms with Gasteiger partial charge >= 0.3 is 26.9 Å². The van der Waals surface area contributed by atoms with Crippen LogP contribution in [0.4, 0.5) is 13.2 Å². The highest BCUT2D eigenvalue weighted by molar-refractivity contribution is 7.90. The second-order valence-corrected chi connectivity index (χ2v) is 14.3. The average molecular weight is 743 g/mol. The van der Waals surface area contributed by atoms with Gasteiger partial charge in [-0.05, 0) is 87.2 Å². The highest BCUT2D eigenvalue weighted by Crippen LogP contribution is 2.22. The van der Waals surface area contributed by atoms with Crippen LogP contribution < -0.4 is 27.2 Å². The molecule has 274 valence electrons. The van der Waals surface area contributed by atoms with Crippen molar-refractivity contribution in [1.29, 1.82) is 0 Å². The Morgan fingerprint density at radius 3 is 1.44 bits per heavy atom. The maximum atomic E-state index is 13.5. The first-order valence-corrected chi connectivity index (χ1v) is 17.5. The number of aromatic amines is 2. The Kier molecular flexibility index (Phi) is 9.57. The van der Waals surface area contributed by atoms with Crippen molar-refractivity contribution in [1.82, 2.24) is 48.7 Å². The van der Waals surface area contributed by atoms with Crippen LogP contribution in [0, 0.1) is 27.7 Å². The summed E-state index contributed by atoms with van der Waals surface area (Å²) in [5, 5.41) is 0. The predicted octanol–water partition coefficient (Wildman–Crippen LogP) is 1.64. The van der Waals surface area contributed by atoms with Gasteiger partial charge in [-0.25, -0.2) is 42.7 Å². The van der Waals surface area contributed by atoms with Gasteiger partial charge in [-0.2, -0.15) is 13.2 Å². The SMILES string of the molecule is Cc1cc2nc3[nH]c(=O)n(CCN(CCCNS(=O)(=O)C(F)(F)F)CCn4c(=O)[nH]c5nc6cc(C)c(C)cc6nc5c4=O)c(=O)c3nc2cc1C. The predicted molar refractivity (Wildman–Crippen MR) is 187 cm³/mol. The van der Waals surface area contributed by atoms with E-state index in [1.807, 2.05) is 27.7 Å². The molecule has 2 aromatic carbocycles. The van der Waals surface area contributed by atoms with Crippen molar-refractivity contribution in [3.63, 3.8) is 0 Å².